The minimum atomic E-state index is -0.0793. The number of ether oxygens (including phenoxy) is 1. The molecule has 1 fully saturated rings. The Morgan fingerprint density at radius 1 is 1.39 bits per heavy atom. The minimum Gasteiger partial charge on any atom is -0.497 e. The first kappa shape index (κ1) is 12.6. The van der Waals surface area contributed by atoms with Crippen LogP contribution in [-0.2, 0) is 4.79 Å². The van der Waals surface area contributed by atoms with E-state index < -0.39 is 0 Å². The molecule has 1 aromatic rings. The second-order valence-electron chi connectivity index (χ2n) is 4.67. The first-order valence-electron chi connectivity index (χ1n) is 6.20. The van der Waals surface area contributed by atoms with Gasteiger partial charge in [0.05, 0.1) is 7.11 Å². The summed E-state index contributed by atoms with van der Waals surface area (Å²) in [6, 6.07) is 5.05. The Kier molecular flexibility index (Phi) is 3.65. The number of methoxy groups -OCH3 is 1. The maximum atomic E-state index is 12.1. The van der Waals surface area contributed by atoms with Crippen molar-refractivity contribution in [3.05, 3.63) is 23.8 Å². The van der Waals surface area contributed by atoms with Crippen LogP contribution in [0.3, 0.4) is 0 Å². The first-order chi connectivity index (χ1) is 8.63. The van der Waals surface area contributed by atoms with E-state index in [0.717, 1.165) is 25.7 Å². The summed E-state index contributed by atoms with van der Waals surface area (Å²) in [5.41, 5.74) is 6.82. The fraction of sp³-hybridized carbons (Fsp3) is 0.429. The van der Waals surface area contributed by atoms with E-state index in [1.54, 1.807) is 25.3 Å². The molecule has 0 atom stereocenters. The first-order valence-corrected chi connectivity index (χ1v) is 6.20. The van der Waals surface area contributed by atoms with Gasteiger partial charge in [-0.15, -0.1) is 0 Å². The number of nitrogens with one attached hydrogen (secondary N) is 1. The number of Topliss-reactive ketones (excluding diaryl/α,β-unsaturated/α-hetero) is 1. The van der Waals surface area contributed by atoms with Crippen molar-refractivity contribution >= 4 is 17.2 Å². The van der Waals surface area contributed by atoms with Crippen LogP contribution in [0.25, 0.3) is 0 Å². The molecule has 1 aromatic carbocycles. The lowest BCUT2D eigenvalue weighted by atomic mass is 9.94. The molecular formula is C14H18N2O2. The molecule has 4 heteroatoms. The van der Waals surface area contributed by atoms with E-state index in [1.807, 2.05) is 0 Å². The third-order valence-corrected chi connectivity index (χ3v) is 3.50. The molecule has 0 spiro atoms. The Morgan fingerprint density at radius 2 is 2.06 bits per heavy atom. The van der Waals surface area contributed by atoms with Gasteiger partial charge in [-0.05, 0) is 25.0 Å². The van der Waals surface area contributed by atoms with Gasteiger partial charge in [0.1, 0.15) is 11.5 Å². The number of anilines is 1. The average molecular weight is 246 g/mol. The minimum absolute atomic E-state index is 0.0130. The topological polar surface area (TPSA) is 76.2 Å². The third-order valence-electron chi connectivity index (χ3n) is 3.50. The highest BCUT2D eigenvalue weighted by Gasteiger charge is 2.27. The van der Waals surface area contributed by atoms with E-state index in [2.05, 4.69) is 0 Å². The molecule has 0 unspecified atom stereocenters. The van der Waals surface area contributed by atoms with E-state index in [9.17, 15) is 4.79 Å². The quantitative estimate of drug-likeness (QED) is 0.632. The molecule has 2 rings (SSSR count). The normalized spacial score (nSPS) is 15.6. The number of hydrogen-bond donors (Lipinski definition) is 2. The van der Waals surface area contributed by atoms with E-state index in [1.165, 1.54) is 0 Å². The summed E-state index contributed by atoms with van der Waals surface area (Å²) in [5.74, 6) is 0.570. The van der Waals surface area contributed by atoms with Crippen LogP contribution < -0.4 is 10.5 Å². The average Bonchev–Trinajstić information content (AvgIpc) is 2.90. The van der Waals surface area contributed by atoms with Gasteiger partial charge in [0.15, 0.2) is 5.78 Å². The maximum Gasteiger partial charge on any atom is 0.184 e. The highest BCUT2D eigenvalue weighted by Crippen LogP contribution is 2.28. The fourth-order valence-electron chi connectivity index (χ4n) is 2.42. The summed E-state index contributed by atoms with van der Waals surface area (Å²) in [5, 5.41) is 8.00. The van der Waals surface area contributed by atoms with Crippen molar-refractivity contribution in [1.82, 2.24) is 0 Å². The Labute approximate surface area is 107 Å². The monoisotopic (exact) mass is 246 g/mol. The van der Waals surface area contributed by atoms with Gasteiger partial charge in [0.2, 0.25) is 0 Å². The molecule has 96 valence electrons. The predicted molar refractivity (Wildman–Crippen MR) is 71.2 cm³/mol. The Bertz CT molecular complexity index is 477. The van der Waals surface area contributed by atoms with Gasteiger partial charge < -0.3 is 10.5 Å². The summed E-state index contributed by atoms with van der Waals surface area (Å²) in [7, 11) is 1.56. The van der Waals surface area contributed by atoms with E-state index >= 15 is 0 Å². The number of carbonyl (C=O) groups is 1. The summed E-state index contributed by atoms with van der Waals surface area (Å²) in [6.07, 6.45) is 3.97. The number of rotatable bonds is 4. The number of ketones is 1. The van der Waals surface area contributed by atoms with Gasteiger partial charge in [-0.1, -0.05) is 12.8 Å². The van der Waals surface area contributed by atoms with Crippen LogP contribution in [0.5, 0.6) is 5.75 Å². The molecule has 0 radical (unpaired) electrons. The lowest BCUT2D eigenvalue weighted by molar-refractivity contribution is -0.116. The van der Waals surface area contributed by atoms with Gasteiger partial charge in [0.25, 0.3) is 0 Å². The zero-order valence-electron chi connectivity index (χ0n) is 10.5. The van der Waals surface area contributed by atoms with Crippen LogP contribution >= 0.6 is 0 Å². The summed E-state index contributed by atoms with van der Waals surface area (Å²) >= 11 is 0. The number of benzene rings is 1. The molecule has 0 saturated heterocycles. The van der Waals surface area contributed by atoms with Crippen molar-refractivity contribution in [3.8, 4) is 5.75 Å². The molecule has 4 nitrogen and oxygen atoms in total. The van der Waals surface area contributed by atoms with Crippen LogP contribution in [-0.4, -0.2) is 18.6 Å². The number of hydrogen-bond acceptors (Lipinski definition) is 4. The summed E-state index contributed by atoms with van der Waals surface area (Å²) in [4.78, 5) is 12.1. The van der Waals surface area contributed by atoms with Crippen molar-refractivity contribution in [2.45, 2.75) is 25.7 Å². The smallest absolute Gasteiger partial charge is 0.184 e. The molecule has 1 saturated carbocycles. The molecular weight excluding hydrogens is 228 g/mol. The van der Waals surface area contributed by atoms with Gasteiger partial charge in [-0.2, -0.15) is 0 Å². The highest BCUT2D eigenvalue weighted by atomic mass is 16.5. The standard InChI is InChI=1S/C14H18N2O2/c1-18-10-6-7-11(12(15)8-10)13(16)14(17)9-4-2-3-5-9/h6-9,16H,2-5,15H2,1H3. The molecule has 0 aromatic heterocycles. The predicted octanol–water partition coefficient (Wildman–Crippen LogP) is 2.40. The van der Waals surface area contributed by atoms with Crippen molar-refractivity contribution in [2.75, 3.05) is 12.8 Å². The lowest BCUT2D eigenvalue weighted by Gasteiger charge is -2.11. The van der Waals surface area contributed by atoms with Crippen molar-refractivity contribution in [2.24, 2.45) is 5.92 Å². The van der Waals surface area contributed by atoms with E-state index in [0.29, 0.717) is 17.0 Å². The molecule has 0 heterocycles. The lowest BCUT2D eigenvalue weighted by Crippen LogP contribution is -2.22. The van der Waals surface area contributed by atoms with Crippen molar-refractivity contribution in [3.63, 3.8) is 0 Å². The molecule has 0 amide bonds. The summed E-state index contributed by atoms with van der Waals surface area (Å²) in [6.45, 7) is 0. The number of carbonyl (C=O) groups excluding carboxylic acids is 1. The van der Waals surface area contributed by atoms with Crippen LogP contribution in [0.15, 0.2) is 18.2 Å². The van der Waals surface area contributed by atoms with Gasteiger partial charge in [-0.3, -0.25) is 10.2 Å². The largest absolute Gasteiger partial charge is 0.497 e. The Balaban J connectivity index is 2.20. The zero-order chi connectivity index (χ0) is 13.1. The second kappa shape index (κ2) is 5.21. The third kappa shape index (κ3) is 2.37. The number of nitrogens with two attached hydrogens (primary N) is 1. The van der Waals surface area contributed by atoms with Crippen LogP contribution in [0.4, 0.5) is 5.69 Å². The molecule has 1 aliphatic rings. The Hall–Kier alpha value is -1.84. The second-order valence-corrected chi connectivity index (χ2v) is 4.67. The van der Waals surface area contributed by atoms with Gasteiger partial charge in [0, 0.05) is 23.2 Å². The highest BCUT2D eigenvalue weighted by molar-refractivity contribution is 6.46. The molecule has 0 aliphatic heterocycles. The number of nitrogen functional groups attached to an aromatic ring is 1. The molecule has 1 aliphatic carbocycles. The molecule has 18 heavy (non-hydrogen) atoms. The molecule has 3 N–H and O–H groups in total. The zero-order valence-corrected chi connectivity index (χ0v) is 10.5. The Morgan fingerprint density at radius 3 is 2.61 bits per heavy atom. The van der Waals surface area contributed by atoms with E-state index in [-0.39, 0.29) is 17.4 Å². The van der Waals surface area contributed by atoms with Crippen molar-refractivity contribution in [1.29, 1.82) is 5.41 Å². The van der Waals surface area contributed by atoms with E-state index in [4.69, 9.17) is 15.9 Å². The summed E-state index contributed by atoms with van der Waals surface area (Å²) < 4.78 is 5.05. The maximum absolute atomic E-state index is 12.1. The van der Waals surface area contributed by atoms with Crippen LogP contribution in [0, 0.1) is 11.3 Å². The fourth-order valence-corrected chi connectivity index (χ4v) is 2.42. The van der Waals surface area contributed by atoms with Crippen molar-refractivity contribution < 1.29 is 9.53 Å². The van der Waals surface area contributed by atoms with Crippen LogP contribution in [0.1, 0.15) is 31.2 Å². The van der Waals surface area contributed by atoms with Gasteiger partial charge >= 0.3 is 0 Å². The molecule has 0 bridgehead atoms. The SMILES string of the molecule is COc1ccc(C(=N)C(=O)C2CCCC2)c(N)c1. The van der Waals surface area contributed by atoms with Gasteiger partial charge in [-0.25, -0.2) is 0 Å². The van der Waals surface area contributed by atoms with Crippen LogP contribution in [0.2, 0.25) is 0 Å².